The van der Waals surface area contributed by atoms with Gasteiger partial charge in [0.2, 0.25) is 0 Å². The summed E-state index contributed by atoms with van der Waals surface area (Å²) in [4.78, 5) is 19.6. The van der Waals surface area contributed by atoms with E-state index in [1.54, 1.807) is 0 Å². The van der Waals surface area contributed by atoms with Gasteiger partial charge in [0.05, 0.1) is 22.7 Å². The second-order valence-corrected chi connectivity index (χ2v) is 7.89. The Balaban J connectivity index is 1.78. The molecule has 4 nitrogen and oxygen atoms in total. The van der Waals surface area contributed by atoms with Gasteiger partial charge in [-0.05, 0) is 61.1 Å². The van der Waals surface area contributed by atoms with E-state index < -0.39 is 0 Å². The predicted molar refractivity (Wildman–Crippen MR) is 131 cm³/mol. The summed E-state index contributed by atoms with van der Waals surface area (Å²) < 4.78 is 0. The molecule has 0 atom stereocenters. The number of nitrogens with zero attached hydrogens (tertiary/aromatic N) is 4. The number of rotatable bonds is 5. The Bertz CT molecular complexity index is 999. The highest BCUT2D eigenvalue weighted by atomic mass is 14.9. The predicted octanol–water partition coefficient (Wildman–Crippen LogP) is 8.09. The van der Waals surface area contributed by atoms with Crippen molar-refractivity contribution < 1.29 is 0 Å². The second kappa shape index (κ2) is 8.86. The van der Waals surface area contributed by atoms with Gasteiger partial charge in [-0.1, -0.05) is 39.8 Å². The van der Waals surface area contributed by atoms with Gasteiger partial charge in [-0.25, -0.2) is 0 Å². The van der Waals surface area contributed by atoms with E-state index in [2.05, 4.69) is 64.1 Å². The Morgan fingerprint density at radius 3 is 1.17 bits per heavy atom. The Morgan fingerprint density at radius 1 is 0.500 bits per heavy atom. The lowest BCUT2D eigenvalue weighted by Crippen LogP contribution is -2.04. The summed E-state index contributed by atoms with van der Waals surface area (Å²) in [6.07, 6.45) is 5.58. The van der Waals surface area contributed by atoms with E-state index in [1.807, 2.05) is 0 Å². The topological polar surface area (TPSA) is 49.4 Å². The highest BCUT2D eigenvalue weighted by Crippen LogP contribution is 2.39. The standard InChI is InChI=1S/C26H30N4/c1-5-19-15-21(7-3)29-25-13-17(9-11-23(25)27-19)18-10-12-24-26(14-18)30-22(8-4)16-20(6-2)28-24/h9-14H,5-8,15-16H2,1-4H3. The van der Waals surface area contributed by atoms with E-state index in [-0.39, 0.29) is 0 Å². The molecule has 4 heteroatoms. The summed E-state index contributed by atoms with van der Waals surface area (Å²) in [6, 6.07) is 12.8. The lowest BCUT2D eigenvalue weighted by atomic mass is 10.0. The van der Waals surface area contributed by atoms with Crippen molar-refractivity contribution in [3.63, 3.8) is 0 Å². The van der Waals surface area contributed by atoms with Gasteiger partial charge in [0.1, 0.15) is 0 Å². The molecule has 2 heterocycles. The smallest absolute Gasteiger partial charge is 0.0891 e. The van der Waals surface area contributed by atoms with Crippen molar-refractivity contribution in [3.05, 3.63) is 36.4 Å². The van der Waals surface area contributed by atoms with Crippen LogP contribution in [0.3, 0.4) is 0 Å². The van der Waals surface area contributed by atoms with Crippen LogP contribution in [0, 0.1) is 0 Å². The lowest BCUT2D eigenvalue weighted by molar-refractivity contribution is 1.18. The molecule has 154 valence electrons. The minimum Gasteiger partial charge on any atom is -0.255 e. The summed E-state index contributed by atoms with van der Waals surface area (Å²) in [7, 11) is 0. The van der Waals surface area contributed by atoms with Crippen LogP contribution >= 0.6 is 0 Å². The van der Waals surface area contributed by atoms with Crippen molar-refractivity contribution in [3.8, 4) is 11.1 Å². The molecule has 0 radical (unpaired) electrons. The maximum absolute atomic E-state index is 4.94. The summed E-state index contributed by atoms with van der Waals surface area (Å²) in [5.74, 6) is 0. The first kappa shape index (κ1) is 20.4. The van der Waals surface area contributed by atoms with Crippen molar-refractivity contribution in [2.45, 2.75) is 66.2 Å². The van der Waals surface area contributed by atoms with E-state index >= 15 is 0 Å². The number of hydrogen-bond acceptors (Lipinski definition) is 4. The van der Waals surface area contributed by atoms with Crippen LogP contribution in [0.15, 0.2) is 56.4 Å². The van der Waals surface area contributed by atoms with Crippen LogP contribution in [-0.4, -0.2) is 22.8 Å². The first-order valence-corrected chi connectivity index (χ1v) is 11.2. The fourth-order valence-corrected chi connectivity index (χ4v) is 3.90. The van der Waals surface area contributed by atoms with E-state index in [4.69, 9.17) is 20.0 Å². The summed E-state index contributed by atoms with van der Waals surface area (Å²) >= 11 is 0. The fraction of sp³-hybridized carbons (Fsp3) is 0.385. The molecule has 0 spiro atoms. The van der Waals surface area contributed by atoms with Crippen molar-refractivity contribution in [1.29, 1.82) is 0 Å². The fourth-order valence-electron chi connectivity index (χ4n) is 3.90. The van der Waals surface area contributed by atoms with Crippen LogP contribution in [0.25, 0.3) is 11.1 Å². The highest BCUT2D eigenvalue weighted by molar-refractivity contribution is 6.09. The van der Waals surface area contributed by atoms with Crippen molar-refractivity contribution in [2.24, 2.45) is 20.0 Å². The molecule has 0 N–H and O–H groups in total. The molecule has 0 bridgehead atoms. The van der Waals surface area contributed by atoms with E-state index in [0.717, 1.165) is 72.4 Å². The van der Waals surface area contributed by atoms with Crippen molar-refractivity contribution in [1.82, 2.24) is 0 Å². The molecular formula is C26H30N4. The van der Waals surface area contributed by atoms with Crippen molar-refractivity contribution in [2.75, 3.05) is 0 Å². The van der Waals surface area contributed by atoms with Gasteiger partial charge in [0.25, 0.3) is 0 Å². The third-order valence-electron chi connectivity index (χ3n) is 5.85. The average Bonchev–Trinajstić information content (AvgIpc) is 3.08. The number of hydrogen-bond donors (Lipinski definition) is 0. The number of benzene rings is 2. The maximum Gasteiger partial charge on any atom is 0.0891 e. The van der Waals surface area contributed by atoms with Crippen LogP contribution in [0.5, 0.6) is 0 Å². The molecule has 2 aromatic carbocycles. The normalized spacial score (nSPS) is 15.7. The minimum atomic E-state index is 0.877. The van der Waals surface area contributed by atoms with Gasteiger partial charge in [0.15, 0.2) is 0 Å². The van der Waals surface area contributed by atoms with Crippen molar-refractivity contribution >= 4 is 45.6 Å². The van der Waals surface area contributed by atoms with Gasteiger partial charge >= 0.3 is 0 Å². The first-order valence-electron chi connectivity index (χ1n) is 11.2. The quantitative estimate of drug-likeness (QED) is 0.488. The number of aliphatic imine (C=N–C) groups is 4. The third kappa shape index (κ3) is 4.18. The van der Waals surface area contributed by atoms with Gasteiger partial charge in [-0.3, -0.25) is 20.0 Å². The average molecular weight is 399 g/mol. The monoisotopic (exact) mass is 398 g/mol. The van der Waals surface area contributed by atoms with Gasteiger partial charge in [-0.15, -0.1) is 0 Å². The maximum atomic E-state index is 4.94. The van der Waals surface area contributed by atoms with Crippen LogP contribution in [0.2, 0.25) is 0 Å². The molecule has 0 saturated heterocycles. The molecule has 0 fully saturated rings. The van der Waals surface area contributed by atoms with E-state index in [9.17, 15) is 0 Å². The molecule has 0 saturated carbocycles. The zero-order chi connectivity index (χ0) is 21.1. The van der Waals surface area contributed by atoms with E-state index in [1.165, 1.54) is 22.8 Å². The Morgan fingerprint density at radius 2 is 0.833 bits per heavy atom. The molecule has 0 amide bonds. The lowest BCUT2D eigenvalue weighted by Gasteiger charge is -2.08. The van der Waals surface area contributed by atoms with E-state index in [0.29, 0.717) is 0 Å². The molecule has 2 aliphatic heterocycles. The van der Waals surface area contributed by atoms with Gasteiger partial charge < -0.3 is 0 Å². The molecule has 2 aromatic rings. The first-order chi connectivity index (χ1) is 14.6. The zero-order valence-electron chi connectivity index (χ0n) is 18.5. The third-order valence-corrected chi connectivity index (χ3v) is 5.85. The SMILES string of the molecule is CCC1=Nc2ccc(-c3ccc4c(c3)N=C(CC)CC(CC)=N4)cc2N=C(CC)C1. The van der Waals surface area contributed by atoms with Gasteiger partial charge in [0, 0.05) is 35.7 Å². The molecule has 30 heavy (non-hydrogen) atoms. The zero-order valence-corrected chi connectivity index (χ0v) is 18.5. The van der Waals surface area contributed by atoms with Crippen LogP contribution in [0.1, 0.15) is 66.2 Å². The molecule has 4 rings (SSSR count). The summed E-state index contributed by atoms with van der Waals surface area (Å²) in [5, 5.41) is 0. The number of fused-ring (bicyclic) bond motifs is 2. The highest BCUT2D eigenvalue weighted by Gasteiger charge is 2.15. The molecule has 0 aliphatic carbocycles. The Hall–Kier alpha value is -2.88. The van der Waals surface area contributed by atoms with Gasteiger partial charge in [-0.2, -0.15) is 0 Å². The molecule has 2 aliphatic rings. The largest absolute Gasteiger partial charge is 0.255 e. The summed E-state index contributed by atoms with van der Waals surface area (Å²) in [5.41, 5.74) is 11.0. The minimum absolute atomic E-state index is 0.877. The van der Waals surface area contributed by atoms with Crippen LogP contribution < -0.4 is 0 Å². The Kier molecular flexibility index (Phi) is 6.03. The second-order valence-electron chi connectivity index (χ2n) is 7.89. The molecular weight excluding hydrogens is 368 g/mol. The Labute approximate surface area is 179 Å². The summed E-state index contributed by atoms with van der Waals surface area (Å²) in [6.45, 7) is 8.67. The molecule has 0 aromatic heterocycles. The van der Waals surface area contributed by atoms with Crippen LogP contribution in [-0.2, 0) is 0 Å². The van der Waals surface area contributed by atoms with Crippen LogP contribution in [0.4, 0.5) is 22.7 Å². The molecule has 0 unspecified atom stereocenters.